The summed E-state index contributed by atoms with van der Waals surface area (Å²) < 4.78 is 9.98. The van der Waals surface area contributed by atoms with Crippen molar-refractivity contribution >= 4 is 28.2 Å². The first-order chi connectivity index (χ1) is 11.4. The van der Waals surface area contributed by atoms with Gasteiger partial charge in [0.05, 0.1) is 18.4 Å². The van der Waals surface area contributed by atoms with E-state index in [1.807, 2.05) is 0 Å². The van der Waals surface area contributed by atoms with Crippen molar-refractivity contribution in [2.45, 2.75) is 40.0 Å². The maximum absolute atomic E-state index is 12.6. The van der Waals surface area contributed by atoms with Crippen LogP contribution in [0.2, 0.25) is 0 Å². The summed E-state index contributed by atoms with van der Waals surface area (Å²) in [6, 6.07) is 0. The van der Waals surface area contributed by atoms with Gasteiger partial charge in [0, 0.05) is 4.88 Å². The largest absolute Gasteiger partial charge is 0.465 e. The zero-order chi connectivity index (χ0) is 17.4. The highest BCUT2D eigenvalue weighted by atomic mass is 32.1. The van der Waals surface area contributed by atoms with Gasteiger partial charge in [0.15, 0.2) is 0 Å². The molecule has 1 N–H and O–H groups in total. The zero-order valence-electron chi connectivity index (χ0n) is 14.2. The number of fused-ring (bicyclic) bond motifs is 1. The Balaban J connectivity index is 1.98. The number of aryl methyl sites for hydroxylation is 2. The maximum Gasteiger partial charge on any atom is 0.341 e. The van der Waals surface area contributed by atoms with Crippen LogP contribution < -0.4 is 5.32 Å². The molecular formula is C17H20N2O4S. The SMILES string of the molecule is COC(=O)c1c(NC(=O)c2c(C)noc2C)sc2c1CCC(C)C2. The minimum Gasteiger partial charge on any atom is -0.465 e. The number of nitrogens with zero attached hydrogens (tertiary/aromatic N) is 1. The molecular weight excluding hydrogens is 328 g/mol. The van der Waals surface area contributed by atoms with E-state index in [1.165, 1.54) is 18.4 Å². The molecule has 24 heavy (non-hydrogen) atoms. The number of amides is 1. The number of rotatable bonds is 3. The van der Waals surface area contributed by atoms with Crippen LogP contribution in [0.1, 0.15) is 56.0 Å². The van der Waals surface area contributed by atoms with Gasteiger partial charge in [-0.05, 0) is 44.6 Å². The summed E-state index contributed by atoms with van der Waals surface area (Å²) in [5.41, 5.74) is 2.44. The summed E-state index contributed by atoms with van der Waals surface area (Å²) in [7, 11) is 1.36. The molecule has 0 saturated heterocycles. The Morgan fingerprint density at radius 2 is 2.08 bits per heavy atom. The fourth-order valence-electron chi connectivity index (χ4n) is 3.13. The average Bonchev–Trinajstić information content (AvgIpc) is 3.05. The molecule has 2 aromatic heterocycles. The second-order valence-electron chi connectivity index (χ2n) is 6.20. The number of methoxy groups -OCH3 is 1. The molecule has 1 unspecified atom stereocenters. The average molecular weight is 348 g/mol. The van der Waals surface area contributed by atoms with E-state index in [1.54, 1.807) is 13.8 Å². The molecule has 2 aromatic rings. The second-order valence-corrected chi connectivity index (χ2v) is 7.31. The summed E-state index contributed by atoms with van der Waals surface area (Å²) in [6.45, 7) is 5.60. The number of carbonyl (C=O) groups is 2. The minimum atomic E-state index is -0.406. The molecule has 1 aliphatic rings. The van der Waals surface area contributed by atoms with Gasteiger partial charge in [-0.1, -0.05) is 12.1 Å². The molecule has 0 saturated carbocycles. The van der Waals surface area contributed by atoms with E-state index in [0.717, 1.165) is 29.7 Å². The molecule has 0 aromatic carbocycles. The molecule has 0 aliphatic heterocycles. The van der Waals surface area contributed by atoms with E-state index >= 15 is 0 Å². The molecule has 0 radical (unpaired) electrons. The number of carbonyl (C=O) groups excluding carboxylic acids is 2. The first-order valence-corrected chi connectivity index (χ1v) is 8.71. The molecule has 0 bridgehead atoms. The van der Waals surface area contributed by atoms with Gasteiger partial charge in [0.25, 0.3) is 5.91 Å². The molecule has 3 rings (SSSR count). The minimum absolute atomic E-state index is 0.317. The van der Waals surface area contributed by atoms with Crippen LogP contribution in [0, 0.1) is 19.8 Å². The number of anilines is 1. The Hall–Kier alpha value is -2.15. The summed E-state index contributed by atoms with van der Waals surface area (Å²) >= 11 is 1.46. The van der Waals surface area contributed by atoms with E-state index < -0.39 is 5.97 Å². The Labute approximate surface area is 144 Å². The fourth-order valence-corrected chi connectivity index (χ4v) is 4.52. The van der Waals surface area contributed by atoms with E-state index in [4.69, 9.17) is 9.26 Å². The van der Waals surface area contributed by atoms with Crippen molar-refractivity contribution in [1.82, 2.24) is 5.16 Å². The first kappa shape index (κ1) is 16.7. The molecule has 6 nitrogen and oxygen atoms in total. The highest BCUT2D eigenvalue weighted by Crippen LogP contribution is 2.40. The van der Waals surface area contributed by atoms with E-state index in [2.05, 4.69) is 17.4 Å². The molecule has 7 heteroatoms. The topological polar surface area (TPSA) is 81.4 Å². The lowest BCUT2D eigenvalue weighted by Gasteiger charge is -2.18. The van der Waals surface area contributed by atoms with Crippen LogP contribution in [0.15, 0.2) is 4.52 Å². The summed E-state index contributed by atoms with van der Waals surface area (Å²) in [5.74, 6) is 0.312. The van der Waals surface area contributed by atoms with Crippen molar-refractivity contribution in [2.24, 2.45) is 5.92 Å². The number of esters is 1. The van der Waals surface area contributed by atoms with Crippen LogP contribution in [-0.2, 0) is 17.6 Å². The quantitative estimate of drug-likeness (QED) is 0.858. The van der Waals surface area contributed by atoms with Crippen LogP contribution in [0.3, 0.4) is 0 Å². The van der Waals surface area contributed by atoms with Crippen LogP contribution in [0.25, 0.3) is 0 Å². The van der Waals surface area contributed by atoms with Crippen LogP contribution in [-0.4, -0.2) is 24.1 Å². The van der Waals surface area contributed by atoms with Gasteiger partial charge in [0.2, 0.25) is 0 Å². The van der Waals surface area contributed by atoms with Crippen LogP contribution in [0.4, 0.5) is 5.00 Å². The first-order valence-electron chi connectivity index (χ1n) is 7.89. The van der Waals surface area contributed by atoms with E-state index in [-0.39, 0.29) is 5.91 Å². The molecule has 128 valence electrons. The standard InChI is InChI=1S/C17H20N2O4S/c1-8-5-6-11-12(7-8)24-16(14(11)17(21)22-4)18-15(20)13-9(2)19-23-10(13)3/h8H,5-7H2,1-4H3,(H,18,20). The monoisotopic (exact) mass is 348 g/mol. The van der Waals surface area contributed by atoms with Crippen molar-refractivity contribution in [3.63, 3.8) is 0 Å². The molecule has 2 heterocycles. The second kappa shape index (κ2) is 6.39. The highest BCUT2D eigenvalue weighted by Gasteiger charge is 2.29. The lowest BCUT2D eigenvalue weighted by Crippen LogP contribution is -2.16. The third-order valence-electron chi connectivity index (χ3n) is 4.39. The Morgan fingerprint density at radius 1 is 1.33 bits per heavy atom. The van der Waals surface area contributed by atoms with Gasteiger partial charge in [-0.2, -0.15) is 0 Å². The Morgan fingerprint density at radius 3 is 2.71 bits per heavy atom. The zero-order valence-corrected chi connectivity index (χ0v) is 15.0. The smallest absolute Gasteiger partial charge is 0.341 e. The lowest BCUT2D eigenvalue weighted by molar-refractivity contribution is 0.0601. The number of ether oxygens (including phenoxy) is 1. The fraction of sp³-hybridized carbons (Fsp3) is 0.471. The lowest BCUT2D eigenvalue weighted by atomic mass is 9.88. The van der Waals surface area contributed by atoms with Gasteiger partial charge in [-0.15, -0.1) is 11.3 Å². The van der Waals surface area contributed by atoms with Crippen molar-refractivity contribution in [2.75, 3.05) is 12.4 Å². The molecule has 1 atom stereocenters. The predicted octanol–water partition coefficient (Wildman–Crippen LogP) is 3.52. The van der Waals surface area contributed by atoms with Gasteiger partial charge in [-0.25, -0.2) is 4.79 Å². The third kappa shape index (κ3) is 2.84. The Kier molecular flexibility index (Phi) is 4.45. The van der Waals surface area contributed by atoms with Gasteiger partial charge >= 0.3 is 5.97 Å². The molecule has 0 fully saturated rings. The Bertz CT molecular complexity index is 786. The van der Waals surface area contributed by atoms with E-state index in [0.29, 0.717) is 33.5 Å². The summed E-state index contributed by atoms with van der Waals surface area (Å²) in [4.78, 5) is 26.0. The molecule has 1 amide bonds. The number of thiophene rings is 1. The molecule has 1 aliphatic carbocycles. The number of aromatic nitrogens is 1. The number of nitrogens with one attached hydrogen (secondary N) is 1. The molecule has 0 spiro atoms. The van der Waals surface area contributed by atoms with Gasteiger partial charge < -0.3 is 14.6 Å². The third-order valence-corrected chi connectivity index (χ3v) is 5.56. The van der Waals surface area contributed by atoms with Crippen molar-refractivity contribution in [3.8, 4) is 0 Å². The normalized spacial score (nSPS) is 16.6. The van der Waals surface area contributed by atoms with Gasteiger partial charge in [0.1, 0.15) is 16.3 Å². The van der Waals surface area contributed by atoms with Crippen molar-refractivity contribution in [3.05, 3.63) is 33.0 Å². The number of hydrogen-bond donors (Lipinski definition) is 1. The highest BCUT2D eigenvalue weighted by molar-refractivity contribution is 7.17. The predicted molar refractivity (Wildman–Crippen MR) is 90.8 cm³/mol. The summed E-state index contributed by atoms with van der Waals surface area (Å²) in [6.07, 6.45) is 2.79. The summed E-state index contributed by atoms with van der Waals surface area (Å²) in [5, 5.41) is 7.21. The van der Waals surface area contributed by atoms with Crippen molar-refractivity contribution < 1.29 is 18.8 Å². The van der Waals surface area contributed by atoms with Crippen LogP contribution >= 0.6 is 11.3 Å². The maximum atomic E-state index is 12.6. The number of hydrogen-bond acceptors (Lipinski definition) is 6. The van der Waals surface area contributed by atoms with Gasteiger partial charge in [-0.3, -0.25) is 4.79 Å². The van der Waals surface area contributed by atoms with E-state index in [9.17, 15) is 9.59 Å². The van der Waals surface area contributed by atoms with Crippen molar-refractivity contribution in [1.29, 1.82) is 0 Å². The van der Waals surface area contributed by atoms with Crippen LogP contribution in [0.5, 0.6) is 0 Å².